The Morgan fingerprint density at radius 3 is 2.62 bits per heavy atom. The van der Waals surface area contributed by atoms with Crippen molar-refractivity contribution in [1.82, 2.24) is 14.1 Å². The molecule has 0 saturated carbocycles. The third-order valence-electron chi connectivity index (χ3n) is 4.09. The van der Waals surface area contributed by atoms with E-state index in [1.165, 1.54) is 21.4 Å². The summed E-state index contributed by atoms with van der Waals surface area (Å²) in [5, 5.41) is 9.88. The van der Waals surface area contributed by atoms with Crippen molar-refractivity contribution in [2.24, 2.45) is 7.05 Å². The second-order valence-corrected chi connectivity index (χ2v) is 5.71. The van der Waals surface area contributed by atoms with Gasteiger partial charge in [0.25, 0.3) is 0 Å². The second-order valence-electron chi connectivity index (χ2n) is 5.71. The van der Waals surface area contributed by atoms with Crippen LogP contribution in [0, 0.1) is 11.6 Å². The number of benzene rings is 1. The molecule has 0 aliphatic rings. The molecule has 0 fully saturated rings. The van der Waals surface area contributed by atoms with Gasteiger partial charge < -0.3 is 5.11 Å². The highest BCUT2D eigenvalue weighted by atomic mass is 19.2. The normalized spacial score (nSPS) is 12.7. The summed E-state index contributed by atoms with van der Waals surface area (Å²) < 4.78 is 29.4. The molecule has 3 rings (SSSR count). The number of pyridine rings is 1. The molecule has 5 nitrogen and oxygen atoms in total. The Hall–Kier alpha value is -2.54. The summed E-state index contributed by atoms with van der Waals surface area (Å²) in [6, 6.07) is 5.28. The fourth-order valence-electron chi connectivity index (χ4n) is 2.63. The first-order valence-corrected chi connectivity index (χ1v) is 7.61. The van der Waals surface area contributed by atoms with Crippen LogP contribution in [0.5, 0.6) is 0 Å². The van der Waals surface area contributed by atoms with E-state index >= 15 is 0 Å². The number of hydrogen-bond donors (Lipinski definition) is 1. The fourth-order valence-corrected chi connectivity index (χ4v) is 2.63. The molecule has 0 aliphatic carbocycles. The number of aliphatic hydroxyl groups is 1. The molecule has 0 aliphatic heterocycles. The Bertz CT molecular complexity index is 962. The van der Waals surface area contributed by atoms with Crippen LogP contribution in [0.25, 0.3) is 22.3 Å². The average molecular weight is 333 g/mol. The van der Waals surface area contributed by atoms with Crippen molar-refractivity contribution in [2.75, 3.05) is 0 Å². The standard InChI is InChI=1S/C17H17F2N3O2/c1-3-12(23)9-22-15-7-11(8-20-16(15)21(2)17(22)24)10-4-5-13(18)14(19)6-10/h4-8,12,23H,3,9H2,1-2H3. The summed E-state index contributed by atoms with van der Waals surface area (Å²) in [5.41, 5.74) is 1.74. The van der Waals surface area contributed by atoms with Crippen molar-refractivity contribution in [1.29, 1.82) is 0 Å². The van der Waals surface area contributed by atoms with E-state index in [0.717, 1.165) is 12.1 Å². The third-order valence-corrected chi connectivity index (χ3v) is 4.09. The number of aromatic nitrogens is 3. The average Bonchev–Trinajstić information content (AvgIpc) is 2.81. The van der Waals surface area contributed by atoms with E-state index in [0.29, 0.717) is 28.7 Å². The van der Waals surface area contributed by atoms with E-state index in [-0.39, 0.29) is 12.2 Å². The number of aliphatic hydroxyl groups excluding tert-OH is 1. The van der Waals surface area contributed by atoms with Gasteiger partial charge in [-0.3, -0.25) is 9.13 Å². The number of imidazole rings is 1. The lowest BCUT2D eigenvalue weighted by atomic mass is 10.1. The van der Waals surface area contributed by atoms with Crippen molar-refractivity contribution >= 4 is 11.2 Å². The van der Waals surface area contributed by atoms with Crippen molar-refractivity contribution in [3.8, 4) is 11.1 Å². The van der Waals surface area contributed by atoms with E-state index in [4.69, 9.17) is 0 Å². The predicted octanol–water partition coefficient (Wildman–Crippen LogP) is 2.45. The van der Waals surface area contributed by atoms with Crippen LogP contribution in [0.4, 0.5) is 8.78 Å². The molecule has 0 radical (unpaired) electrons. The second kappa shape index (κ2) is 6.16. The van der Waals surface area contributed by atoms with Crippen molar-refractivity contribution < 1.29 is 13.9 Å². The summed E-state index contributed by atoms with van der Waals surface area (Å²) in [5.74, 6) is -1.87. The van der Waals surface area contributed by atoms with E-state index in [1.54, 1.807) is 13.1 Å². The highest BCUT2D eigenvalue weighted by Gasteiger charge is 2.15. The molecule has 3 aromatic rings. The van der Waals surface area contributed by atoms with Crippen LogP contribution in [-0.4, -0.2) is 25.3 Å². The lowest BCUT2D eigenvalue weighted by Crippen LogP contribution is -2.27. The zero-order valence-electron chi connectivity index (χ0n) is 13.3. The molecular weight excluding hydrogens is 316 g/mol. The van der Waals surface area contributed by atoms with Gasteiger partial charge in [0.1, 0.15) is 0 Å². The van der Waals surface area contributed by atoms with Gasteiger partial charge in [0.2, 0.25) is 0 Å². The topological polar surface area (TPSA) is 60.1 Å². The van der Waals surface area contributed by atoms with E-state index in [2.05, 4.69) is 4.98 Å². The van der Waals surface area contributed by atoms with Crippen LogP contribution in [0.2, 0.25) is 0 Å². The highest BCUT2D eigenvalue weighted by molar-refractivity contribution is 5.78. The minimum Gasteiger partial charge on any atom is -0.391 e. The summed E-state index contributed by atoms with van der Waals surface area (Å²) in [7, 11) is 1.60. The van der Waals surface area contributed by atoms with Crippen LogP contribution < -0.4 is 5.69 Å². The first-order valence-electron chi connectivity index (χ1n) is 7.61. The highest BCUT2D eigenvalue weighted by Crippen LogP contribution is 2.24. The molecule has 1 atom stereocenters. The Morgan fingerprint density at radius 2 is 1.96 bits per heavy atom. The molecule has 0 bridgehead atoms. The van der Waals surface area contributed by atoms with Gasteiger partial charge in [0.15, 0.2) is 17.3 Å². The Morgan fingerprint density at radius 1 is 1.21 bits per heavy atom. The molecule has 1 aromatic carbocycles. The van der Waals surface area contributed by atoms with Crippen LogP contribution in [0.1, 0.15) is 13.3 Å². The van der Waals surface area contributed by atoms with Gasteiger partial charge in [0.05, 0.1) is 18.2 Å². The van der Waals surface area contributed by atoms with Gasteiger partial charge in [-0.05, 0) is 30.2 Å². The summed E-state index contributed by atoms with van der Waals surface area (Å²) in [6.07, 6.45) is 1.37. The number of halogens is 2. The zero-order valence-corrected chi connectivity index (χ0v) is 13.3. The van der Waals surface area contributed by atoms with Crippen molar-refractivity contribution in [3.05, 3.63) is 52.6 Å². The van der Waals surface area contributed by atoms with Crippen LogP contribution in [0.15, 0.2) is 35.3 Å². The molecule has 24 heavy (non-hydrogen) atoms. The third kappa shape index (κ3) is 2.71. The van der Waals surface area contributed by atoms with Crippen molar-refractivity contribution in [3.63, 3.8) is 0 Å². The molecule has 0 spiro atoms. The van der Waals surface area contributed by atoms with E-state index in [9.17, 15) is 18.7 Å². The number of hydrogen-bond acceptors (Lipinski definition) is 3. The molecule has 1 N–H and O–H groups in total. The zero-order chi connectivity index (χ0) is 17.4. The molecule has 1 unspecified atom stereocenters. The van der Waals surface area contributed by atoms with Gasteiger partial charge in [-0.2, -0.15) is 0 Å². The Balaban J connectivity index is 2.17. The first-order chi connectivity index (χ1) is 11.4. The fraction of sp³-hybridized carbons (Fsp3) is 0.294. The quantitative estimate of drug-likeness (QED) is 0.798. The molecule has 7 heteroatoms. The smallest absolute Gasteiger partial charge is 0.330 e. The first kappa shape index (κ1) is 16.3. The molecule has 2 aromatic heterocycles. The number of nitrogens with zero attached hydrogens (tertiary/aromatic N) is 3. The van der Waals surface area contributed by atoms with Gasteiger partial charge in [-0.25, -0.2) is 18.6 Å². The van der Waals surface area contributed by atoms with Crippen LogP contribution in [-0.2, 0) is 13.6 Å². The summed E-state index contributed by atoms with van der Waals surface area (Å²) in [6.45, 7) is 1.97. The molecule has 0 amide bonds. The molecule has 126 valence electrons. The number of rotatable bonds is 4. The minimum absolute atomic E-state index is 0.148. The number of aryl methyl sites for hydroxylation is 1. The van der Waals surface area contributed by atoms with E-state index < -0.39 is 17.7 Å². The summed E-state index contributed by atoms with van der Waals surface area (Å²) >= 11 is 0. The minimum atomic E-state index is -0.945. The molecule has 2 heterocycles. The predicted molar refractivity (Wildman–Crippen MR) is 86.6 cm³/mol. The Labute approximate surface area is 136 Å². The lowest BCUT2D eigenvalue weighted by molar-refractivity contribution is 0.150. The van der Waals surface area contributed by atoms with Crippen LogP contribution >= 0.6 is 0 Å². The SMILES string of the molecule is CCC(O)Cn1c(=O)n(C)c2ncc(-c3ccc(F)c(F)c3)cc21. The molecule has 0 saturated heterocycles. The van der Waals surface area contributed by atoms with Crippen molar-refractivity contribution in [2.45, 2.75) is 26.0 Å². The Kier molecular flexibility index (Phi) is 4.19. The van der Waals surface area contributed by atoms with Gasteiger partial charge >= 0.3 is 5.69 Å². The maximum absolute atomic E-state index is 13.5. The van der Waals surface area contributed by atoms with Gasteiger partial charge in [0, 0.05) is 18.8 Å². The maximum atomic E-state index is 13.5. The lowest BCUT2D eigenvalue weighted by Gasteiger charge is -2.09. The molecular formula is C17H17F2N3O2. The summed E-state index contributed by atoms with van der Waals surface area (Å²) in [4.78, 5) is 16.6. The maximum Gasteiger partial charge on any atom is 0.330 e. The van der Waals surface area contributed by atoms with Crippen LogP contribution in [0.3, 0.4) is 0 Å². The number of fused-ring (bicyclic) bond motifs is 1. The largest absolute Gasteiger partial charge is 0.391 e. The van der Waals surface area contributed by atoms with Gasteiger partial charge in [-0.1, -0.05) is 13.0 Å². The monoisotopic (exact) mass is 333 g/mol. The van der Waals surface area contributed by atoms with Gasteiger partial charge in [-0.15, -0.1) is 0 Å². The van der Waals surface area contributed by atoms with E-state index in [1.807, 2.05) is 6.92 Å².